The third-order valence-electron chi connectivity index (χ3n) is 4.04. The van der Waals surface area contributed by atoms with E-state index in [9.17, 15) is 8.42 Å². The van der Waals surface area contributed by atoms with Crippen LogP contribution in [0.3, 0.4) is 0 Å². The second-order valence-corrected chi connectivity index (χ2v) is 7.54. The molecule has 0 bridgehead atoms. The van der Waals surface area contributed by atoms with Crippen LogP contribution in [0.5, 0.6) is 0 Å². The predicted octanol–water partition coefficient (Wildman–Crippen LogP) is 2.76. The fraction of sp³-hybridized carbons (Fsp3) is 0.600. The van der Waals surface area contributed by atoms with Gasteiger partial charge in [0.2, 0.25) is 10.0 Å². The van der Waals surface area contributed by atoms with E-state index in [-0.39, 0.29) is 6.04 Å². The Morgan fingerprint density at radius 3 is 2.35 bits per heavy atom. The molecular weight excluding hydrogens is 272 g/mol. The summed E-state index contributed by atoms with van der Waals surface area (Å²) in [7, 11) is -3.45. The molecule has 0 aromatic heterocycles. The molecule has 112 valence electrons. The molecule has 0 radical (unpaired) electrons. The van der Waals surface area contributed by atoms with E-state index in [1.54, 1.807) is 11.2 Å². The van der Waals surface area contributed by atoms with E-state index in [4.69, 9.17) is 5.73 Å². The standard InChI is InChI=1S/C15H24N2O2S/c1-5-8-17(13-6-7-13)20(18,19)15-11(3)10(2)9-14(16)12(15)4/h9,13H,5-8,16H2,1-4H3. The molecule has 20 heavy (non-hydrogen) atoms. The van der Waals surface area contributed by atoms with Crippen LogP contribution in [-0.2, 0) is 10.0 Å². The Morgan fingerprint density at radius 1 is 1.25 bits per heavy atom. The molecule has 0 aliphatic heterocycles. The van der Waals surface area contributed by atoms with Crippen LogP contribution < -0.4 is 5.73 Å². The first-order valence-electron chi connectivity index (χ1n) is 7.18. The zero-order valence-corrected chi connectivity index (χ0v) is 13.5. The first kappa shape index (κ1) is 15.3. The van der Waals surface area contributed by atoms with Crippen LogP contribution in [0.1, 0.15) is 42.9 Å². The number of hydrogen-bond donors (Lipinski definition) is 1. The van der Waals surface area contributed by atoms with Gasteiger partial charge >= 0.3 is 0 Å². The van der Waals surface area contributed by atoms with Crippen molar-refractivity contribution in [2.75, 3.05) is 12.3 Å². The summed E-state index contributed by atoms with van der Waals surface area (Å²) in [5, 5.41) is 0. The Hall–Kier alpha value is -1.07. The molecule has 0 heterocycles. The van der Waals surface area contributed by atoms with Gasteiger partial charge in [0, 0.05) is 18.3 Å². The van der Waals surface area contributed by atoms with Crippen molar-refractivity contribution in [1.82, 2.24) is 4.31 Å². The Morgan fingerprint density at radius 2 is 1.85 bits per heavy atom. The SMILES string of the molecule is CCCN(C1CC1)S(=O)(=O)c1c(C)c(C)cc(N)c1C. The van der Waals surface area contributed by atoms with E-state index in [2.05, 4.69) is 0 Å². The summed E-state index contributed by atoms with van der Waals surface area (Å²) in [6.45, 7) is 8.16. The van der Waals surface area contributed by atoms with Crippen molar-refractivity contribution in [3.05, 3.63) is 22.8 Å². The minimum absolute atomic E-state index is 0.181. The van der Waals surface area contributed by atoms with E-state index in [0.29, 0.717) is 22.7 Å². The Kier molecular flexibility index (Phi) is 4.12. The molecule has 2 N–H and O–H groups in total. The molecule has 0 saturated heterocycles. The van der Waals surface area contributed by atoms with Crippen molar-refractivity contribution < 1.29 is 8.42 Å². The van der Waals surface area contributed by atoms with Gasteiger partial charge in [-0.3, -0.25) is 0 Å². The fourth-order valence-electron chi connectivity index (χ4n) is 2.63. The lowest BCUT2D eigenvalue weighted by atomic mass is 10.1. The molecule has 0 atom stereocenters. The van der Waals surface area contributed by atoms with Crippen LogP contribution in [0.2, 0.25) is 0 Å². The van der Waals surface area contributed by atoms with Crippen molar-refractivity contribution >= 4 is 15.7 Å². The number of sulfonamides is 1. The predicted molar refractivity (Wildman–Crippen MR) is 82.3 cm³/mol. The van der Waals surface area contributed by atoms with Gasteiger partial charge in [-0.25, -0.2) is 8.42 Å². The smallest absolute Gasteiger partial charge is 0.243 e. The molecule has 1 aliphatic rings. The minimum Gasteiger partial charge on any atom is -0.398 e. The molecule has 2 rings (SSSR count). The number of anilines is 1. The number of benzene rings is 1. The van der Waals surface area contributed by atoms with E-state index >= 15 is 0 Å². The molecule has 4 nitrogen and oxygen atoms in total. The summed E-state index contributed by atoms with van der Waals surface area (Å²) in [5.74, 6) is 0. The number of nitrogens with zero attached hydrogens (tertiary/aromatic N) is 1. The van der Waals surface area contributed by atoms with Crippen molar-refractivity contribution in [2.24, 2.45) is 0 Å². The molecule has 1 aromatic carbocycles. The van der Waals surface area contributed by atoms with Gasteiger partial charge in [0.25, 0.3) is 0 Å². The highest BCUT2D eigenvalue weighted by atomic mass is 32.2. The summed E-state index contributed by atoms with van der Waals surface area (Å²) in [5.41, 5.74) is 8.95. The van der Waals surface area contributed by atoms with E-state index in [1.165, 1.54) is 0 Å². The molecule has 0 spiro atoms. The van der Waals surface area contributed by atoms with Crippen molar-refractivity contribution in [1.29, 1.82) is 0 Å². The quantitative estimate of drug-likeness (QED) is 0.850. The van der Waals surface area contributed by atoms with Gasteiger partial charge in [-0.2, -0.15) is 4.31 Å². The van der Waals surface area contributed by atoms with Crippen molar-refractivity contribution in [3.63, 3.8) is 0 Å². The first-order chi connectivity index (χ1) is 9.30. The highest BCUT2D eigenvalue weighted by Gasteiger charge is 2.39. The van der Waals surface area contributed by atoms with Crippen LogP contribution >= 0.6 is 0 Å². The average molecular weight is 296 g/mol. The highest BCUT2D eigenvalue weighted by Crippen LogP contribution is 2.36. The number of aryl methyl sites for hydroxylation is 1. The summed E-state index contributed by atoms with van der Waals surface area (Å²) in [4.78, 5) is 0.412. The normalized spacial score (nSPS) is 15.8. The summed E-state index contributed by atoms with van der Waals surface area (Å²) in [6, 6.07) is 2.03. The fourth-order valence-corrected chi connectivity index (χ4v) is 4.94. The van der Waals surface area contributed by atoms with Crippen LogP contribution in [0.25, 0.3) is 0 Å². The van der Waals surface area contributed by atoms with Gasteiger partial charge in [-0.1, -0.05) is 6.92 Å². The van der Waals surface area contributed by atoms with Gasteiger partial charge in [-0.15, -0.1) is 0 Å². The zero-order chi connectivity index (χ0) is 15.1. The molecule has 1 aliphatic carbocycles. The Labute approximate surface area is 122 Å². The molecular formula is C15H24N2O2S. The summed E-state index contributed by atoms with van der Waals surface area (Å²) >= 11 is 0. The lowest BCUT2D eigenvalue weighted by Crippen LogP contribution is -2.35. The number of nitrogen functional groups attached to an aromatic ring is 1. The maximum atomic E-state index is 13.0. The lowest BCUT2D eigenvalue weighted by molar-refractivity contribution is 0.402. The highest BCUT2D eigenvalue weighted by molar-refractivity contribution is 7.89. The Balaban J connectivity index is 2.59. The topological polar surface area (TPSA) is 63.4 Å². The lowest BCUT2D eigenvalue weighted by Gasteiger charge is -2.24. The van der Waals surface area contributed by atoms with Gasteiger partial charge in [0.05, 0.1) is 4.90 Å². The van der Waals surface area contributed by atoms with Crippen LogP contribution in [0.15, 0.2) is 11.0 Å². The maximum absolute atomic E-state index is 13.0. The van der Waals surface area contributed by atoms with Gasteiger partial charge in [0.15, 0.2) is 0 Å². The number of hydrogen-bond acceptors (Lipinski definition) is 3. The van der Waals surface area contributed by atoms with Crippen LogP contribution in [0, 0.1) is 20.8 Å². The molecule has 1 saturated carbocycles. The van der Waals surface area contributed by atoms with Crippen molar-refractivity contribution in [2.45, 2.75) is 57.9 Å². The van der Waals surface area contributed by atoms with Gasteiger partial charge in [-0.05, 0) is 62.8 Å². The van der Waals surface area contributed by atoms with E-state index in [0.717, 1.165) is 30.4 Å². The van der Waals surface area contributed by atoms with Crippen LogP contribution in [-0.4, -0.2) is 25.3 Å². The van der Waals surface area contributed by atoms with E-state index in [1.807, 2.05) is 26.8 Å². The molecule has 0 unspecified atom stereocenters. The summed E-state index contributed by atoms with van der Waals surface area (Å²) < 4.78 is 27.7. The third-order valence-corrected chi connectivity index (χ3v) is 6.27. The maximum Gasteiger partial charge on any atom is 0.243 e. The monoisotopic (exact) mass is 296 g/mol. The van der Waals surface area contributed by atoms with Gasteiger partial charge in [0.1, 0.15) is 0 Å². The second-order valence-electron chi connectivity index (χ2n) is 5.71. The minimum atomic E-state index is -3.45. The number of nitrogens with two attached hydrogens (primary N) is 1. The van der Waals surface area contributed by atoms with Crippen LogP contribution in [0.4, 0.5) is 5.69 Å². The number of rotatable bonds is 5. The van der Waals surface area contributed by atoms with E-state index < -0.39 is 10.0 Å². The molecule has 1 aromatic rings. The largest absolute Gasteiger partial charge is 0.398 e. The Bertz CT molecular complexity index is 593. The van der Waals surface area contributed by atoms with Gasteiger partial charge < -0.3 is 5.73 Å². The first-order valence-corrected chi connectivity index (χ1v) is 8.62. The summed E-state index contributed by atoms with van der Waals surface area (Å²) in [6.07, 6.45) is 2.77. The zero-order valence-electron chi connectivity index (χ0n) is 12.7. The molecule has 5 heteroatoms. The third kappa shape index (κ3) is 2.56. The molecule has 1 fully saturated rings. The average Bonchev–Trinajstić information content (AvgIpc) is 3.17. The second kappa shape index (κ2) is 5.37. The van der Waals surface area contributed by atoms with Crippen molar-refractivity contribution in [3.8, 4) is 0 Å². The molecule has 0 amide bonds.